The predicted octanol–water partition coefficient (Wildman–Crippen LogP) is 1.71. The lowest BCUT2D eigenvalue weighted by atomic mass is 10.1. The second-order valence-electron chi connectivity index (χ2n) is 4.05. The maximum absolute atomic E-state index is 13.0. The Labute approximate surface area is 107 Å². The van der Waals surface area contributed by atoms with Crippen LogP contribution in [0.1, 0.15) is 16.1 Å². The summed E-state index contributed by atoms with van der Waals surface area (Å²) in [4.78, 5) is 27.3. The van der Waals surface area contributed by atoms with E-state index in [1.54, 1.807) is 6.92 Å². The van der Waals surface area contributed by atoms with E-state index >= 15 is 0 Å². The van der Waals surface area contributed by atoms with Crippen LogP contribution in [0, 0.1) is 18.6 Å². The van der Waals surface area contributed by atoms with E-state index in [0.29, 0.717) is 5.69 Å². The zero-order valence-electron chi connectivity index (χ0n) is 10.1. The van der Waals surface area contributed by atoms with Crippen molar-refractivity contribution in [2.45, 2.75) is 13.5 Å². The van der Waals surface area contributed by atoms with Crippen LogP contribution in [0.2, 0.25) is 0 Å². The number of carbonyl (C=O) groups is 1. The standard InChI is InChI=1S/C13H10F2N2O2/c1-8-4-13(19)17(7-16-8)6-12(18)9-2-3-10(14)11(15)5-9/h2-5,7H,6H2,1H3. The second-order valence-corrected chi connectivity index (χ2v) is 4.05. The highest BCUT2D eigenvalue weighted by Gasteiger charge is 2.11. The first-order valence-corrected chi connectivity index (χ1v) is 5.48. The summed E-state index contributed by atoms with van der Waals surface area (Å²) in [6.45, 7) is 1.39. The summed E-state index contributed by atoms with van der Waals surface area (Å²) in [5, 5.41) is 0. The molecule has 0 bridgehead atoms. The molecule has 0 saturated carbocycles. The van der Waals surface area contributed by atoms with Gasteiger partial charge in [-0.3, -0.25) is 14.2 Å². The molecule has 0 aliphatic rings. The number of halogens is 2. The Morgan fingerprint density at radius 3 is 2.63 bits per heavy atom. The Balaban J connectivity index is 2.25. The molecule has 6 heteroatoms. The van der Waals surface area contributed by atoms with Gasteiger partial charge in [0.15, 0.2) is 17.4 Å². The van der Waals surface area contributed by atoms with Crippen LogP contribution >= 0.6 is 0 Å². The molecule has 0 saturated heterocycles. The zero-order chi connectivity index (χ0) is 14.0. The molecular formula is C13H10F2N2O2. The van der Waals surface area contributed by atoms with Gasteiger partial charge in [-0.25, -0.2) is 13.8 Å². The summed E-state index contributed by atoms with van der Waals surface area (Å²) >= 11 is 0. The number of hydrogen-bond acceptors (Lipinski definition) is 3. The molecule has 0 amide bonds. The van der Waals surface area contributed by atoms with Gasteiger partial charge in [0.25, 0.3) is 5.56 Å². The second kappa shape index (κ2) is 5.09. The summed E-state index contributed by atoms with van der Waals surface area (Å²) in [6, 6.07) is 4.15. The molecule has 4 nitrogen and oxygen atoms in total. The summed E-state index contributed by atoms with van der Waals surface area (Å²) in [7, 11) is 0. The molecule has 98 valence electrons. The van der Waals surface area contributed by atoms with E-state index in [1.165, 1.54) is 18.5 Å². The van der Waals surface area contributed by atoms with Gasteiger partial charge in [0, 0.05) is 17.3 Å². The molecule has 1 aromatic heterocycles. The quantitative estimate of drug-likeness (QED) is 0.793. The molecule has 0 N–H and O–H groups in total. The van der Waals surface area contributed by atoms with E-state index in [-0.39, 0.29) is 17.7 Å². The number of aromatic nitrogens is 2. The van der Waals surface area contributed by atoms with Gasteiger partial charge < -0.3 is 0 Å². The van der Waals surface area contributed by atoms with E-state index < -0.39 is 17.4 Å². The van der Waals surface area contributed by atoms with Crippen LogP contribution in [0.5, 0.6) is 0 Å². The van der Waals surface area contributed by atoms with E-state index in [9.17, 15) is 18.4 Å². The minimum Gasteiger partial charge on any atom is -0.292 e. The largest absolute Gasteiger partial charge is 0.292 e. The monoisotopic (exact) mass is 264 g/mol. The van der Waals surface area contributed by atoms with Crippen molar-refractivity contribution in [3.05, 3.63) is 63.8 Å². The highest BCUT2D eigenvalue weighted by molar-refractivity contribution is 5.95. The van der Waals surface area contributed by atoms with Crippen molar-refractivity contribution in [3.63, 3.8) is 0 Å². The average Bonchev–Trinajstić information content (AvgIpc) is 2.36. The number of benzene rings is 1. The summed E-state index contributed by atoms with van der Waals surface area (Å²) in [6.07, 6.45) is 1.25. The topological polar surface area (TPSA) is 52.0 Å². The lowest BCUT2D eigenvalue weighted by Crippen LogP contribution is -2.24. The first-order chi connectivity index (χ1) is 8.97. The number of aryl methyl sites for hydroxylation is 1. The third kappa shape index (κ3) is 2.90. The van der Waals surface area contributed by atoms with Gasteiger partial charge in [-0.2, -0.15) is 0 Å². The van der Waals surface area contributed by atoms with E-state index in [1.807, 2.05) is 0 Å². The smallest absolute Gasteiger partial charge is 0.253 e. The lowest BCUT2D eigenvalue weighted by Gasteiger charge is -2.05. The molecular weight excluding hydrogens is 254 g/mol. The van der Waals surface area contributed by atoms with E-state index in [2.05, 4.69) is 4.98 Å². The van der Waals surface area contributed by atoms with Gasteiger partial charge in [0.05, 0.1) is 12.9 Å². The molecule has 0 fully saturated rings. The molecule has 2 rings (SSSR count). The molecule has 0 spiro atoms. The van der Waals surface area contributed by atoms with Crippen molar-refractivity contribution in [1.29, 1.82) is 0 Å². The van der Waals surface area contributed by atoms with Crippen molar-refractivity contribution in [2.24, 2.45) is 0 Å². The Hall–Kier alpha value is -2.37. The minimum atomic E-state index is -1.10. The maximum atomic E-state index is 13.0. The van der Waals surface area contributed by atoms with Crippen molar-refractivity contribution in [3.8, 4) is 0 Å². The molecule has 1 heterocycles. The Morgan fingerprint density at radius 1 is 1.26 bits per heavy atom. The van der Waals surface area contributed by atoms with Crippen LogP contribution in [0.4, 0.5) is 8.78 Å². The van der Waals surface area contributed by atoms with Crippen LogP contribution in [-0.4, -0.2) is 15.3 Å². The minimum absolute atomic E-state index is 0.00590. The highest BCUT2D eigenvalue weighted by atomic mass is 19.2. The fourth-order valence-corrected chi connectivity index (χ4v) is 1.55. The van der Waals surface area contributed by atoms with Gasteiger partial charge in [0.2, 0.25) is 0 Å². The highest BCUT2D eigenvalue weighted by Crippen LogP contribution is 2.09. The van der Waals surface area contributed by atoms with Crippen LogP contribution < -0.4 is 5.56 Å². The number of nitrogens with zero attached hydrogens (tertiary/aromatic N) is 2. The van der Waals surface area contributed by atoms with Crippen LogP contribution in [0.15, 0.2) is 35.4 Å². The third-order valence-corrected chi connectivity index (χ3v) is 2.57. The van der Waals surface area contributed by atoms with Gasteiger partial charge in [0.1, 0.15) is 0 Å². The Kier molecular flexibility index (Phi) is 3.50. The molecule has 0 aliphatic heterocycles. The molecule has 0 unspecified atom stereocenters. The Bertz CT molecular complexity index is 695. The normalized spacial score (nSPS) is 10.5. The zero-order valence-corrected chi connectivity index (χ0v) is 10.1. The fraction of sp³-hybridized carbons (Fsp3) is 0.154. The molecule has 0 radical (unpaired) electrons. The van der Waals surface area contributed by atoms with Crippen molar-refractivity contribution < 1.29 is 13.6 Å². The third-order valence-electron chi connectivity index (χ3n) is 2.57. The number of carbonyl (C=O) groups excluding carboxylic acids is 1. The van der Waals surface area contributed by atoms with Gasteiger partial charge >= 0.3 is 0 Å². The van der Waals surface area contributed by atoms with Crippen LogP contribution in [0.25, 0.3) is 0 Å². The molecule has 0 aliphatic carbocycles. The average molecular weight is 264 g/mol. The maximum Gasteiger partial charge on any atom is 0.253 e. The number of Topliss-reactive ketones (excluding diaryl/α,β-unsaturated/α-hetero) is 1. The molecule has 2 aromatic rings. The van der Waals surface area contributed by atoms with Gasteiger partial charge in [-0.05, 0) is 25.1 Å². The summed E-state index contributed by atoms with van der Waals surface area (Å²) in [5.74, 6) is -2.61. The van der Waals surface area contributed by atoms with Crippen molar-refractivity contribution >= 4 is 5.78 Å². The Morgan fingerprint density at radius 2 is 2.00 bits per heavy atom. The lowest BCUT2D eigenvalue weighted by molar-refractivity contribution is 0.0970. The van der Waals surface area contributed by atoms with Crippen molar-refractivity contribution in [1.82, 2.24) is 9.55 Å². The number of hydrogen-bond donors (Lipinski definition) is 0. The van der Waals surface area contributed by atoms with Crippen molar-refractivity contribution in [2.75, 3.05) is 0 Å². The number of rotatable bonds is 3. The molecule has 1 aromatic carbocycles. The first kappa shape index (κ1) is 13.1. The summed E-state index contributed by atoms with van der Waals surface area (Å²) in [5.41, 5.74) is 0.177. The summed E-state index contributed by atoms with van der Waals surface area (Å²) < 4.78 is 26.9. The van der Waals surface area contributed by atoms with Crippen LogP contribution in [0.3, 0.4) is 0 Å². The molecule has 0 atom stereocenters. The van der Waals surface area contributed by atoms with E-state index in [4.69, 9.17) is 0 Å². The van der Waals surface area contributed by atoms with Gasteiger partial charge in [-0.15, -0.1) is 0 Å². The SMILES string of the molecule is Cc1cc(=O)n(CC(=O)c2ccc(F)c(F)c2)cn1. The predicted molar refractivity (Wildman–Crippen MR) is 63.9 cm³/mol. The molecule has 19 heavy (non-hydrogen) atoms. The van der Waals surface area contributed by atoms with Gasteiger partial charge in [-0.1, -0.05) is 0 Å². The number of ketones is 1. The van der Waals surface area contributed by atoms with E-state index in [0.717, 1.165) is 16.7 Å². The van der Waals surface area contributed by atoms with Crippen LogP contribution in [-0.2, 0) is 6.54 Å². The first-order valence-electron chi connectivity index (χ1n) is 5.48. The fourth-order valence-electron chi connectivity index (χ4n) is 1.55.